The highest BCUT2D eigenvalue weighted by Gasteiger charge is 2.43. The Morgan fingerprint density at radius 1 is 0.825 bits per heavy atom. The zero-order valence-corrected chi connectivity index (χ0v) is 22.2. The van der Waals surface area contributed by atoms with Crippen molar-refractivity contribution in [3.8, 4) is 11.1 Å². The number of amides is 2. The number of carbonyl (C=O) groups is 3. The largest absolute Gasteiger partial charge is 0.481 e. The molecule has 0 saturated carbocycles. The summed E-state index contributed by atoms with van der Waals surface area (Å²) in [6, 6.07) is 25.2. The van der Waals surface area contributed by atoms with Gasteiger partial charge >= 0.3 is 12.1 Å². The Balaban J connectivity index is 1.06. The van der Waals surface area contributed by atoms with Gasteiger partial charge in [-0.25, -0.2) is 4.79 Å². The molecule has 3 aliphatic rings. The number of nitrogens with one attached hydrogen (secondary N) is 1. The first-order chi connectivity index (χ1) is 19.5. The quantitative estimate of drug-likeness (QED) is 0.450. The molecule has 2 aliphatic heterocycles. The molecule has 40 heavy (non-hydrogen) atoms. The van der Waals surface area contributed by atoms with E-state index in [9.17, 15) is 19.5 Å². The standard InChI is InChI=1S/C32H33N3O5/c36-30(37)14-29(31(38)35-18-22-16-34(17-23(22)19-35)15-21-8-2-1-3-9-21)33-32(39)40-20-28-26-12-6-4-10-24(26)25-11-5-7-13-27(25)28/h1-13,22-23,28-29H,14-20H2,(H,33,39)(H,36,37)/t22-,23+,29?. The Bertz CT molecular complexity index is 1350. The maximum absolute atomic E-state index is 13.4. The van der Waals surface area contributed by atoms with Crippen LogP contribution >= 0.6 is 0 Å². The van der Waals surface area contributed by atoms with Crippen LogP contribution in [0.4, 0.5) is 4.79 Å². The van der Waals surface area contributed by atoms with Gasteiger partial charge in [0.2, 0.25) is 5.91 Å². The van der Waals surface area contributed by atoms with E-state index in [0.29, 0.717) is 24.9 Å². The van der Waals surface area contributed by atoms with Crippen LogP contribution in [-0.4, -0.2) is 71.7 Å². The maximum Gasteiger partial charge on any atom is 0.407 e. The molecule has 3 aromatic rings. The molecule has 6 rings (SSSR count). The number of carbonyl (C=O) groups excluding carboxylic acids is 2. The monoisotopic (exact) mass is 539 g/mol. The first kappa shape index (κ1) is 26.1. The van der Waals surface area contributed by atoms with E-state index in [1.165, 1.54) is 5.56 Å². The highest BCUT2D eigenvalue weighted by Crippen LogP contribution is 2.44. The Labute approximate surface area is 233 Å². The first-order valence-corrected chi connectivity index (χ1v) is 13.8. The Morgan fingerprint density at radius 3 is 2.00 bits per heavy atom. The summed E-state index contributed by atoms with van der Waals surface area (Å²) in [6.45, 7) is 3.90. The molecule has 1 aliphatic carbocycles. The minimum Gasteiger partial charge on any atom is -0.481 e. The summed E-state index contributed by atoms with van der Waals surface area (Å²) in [4.78, 5) is 42.0. The molecule has 206 valence electrons. The molecule has 2 saturated heterocycles. The van der Waals surface area contributed by atoms with Crippen LogP contribution in [0.2, 0.25) is 0 Å². The molecule has 0 aromatic heterocycles. The number of alkyl carbamates (subject to hydrolysis) is 1. The number of hydrogen-bond donors (Lipinski definition) is 2. The van der Waals surface area contributed by atoms with Crippen LogP contribution in [0.25, 0.3) is 11.1 Å². The van der Waals surface area contributed by atoms with Gasteiger partial charge in [-0.05, 0) is 39.7 Å². The van der Waals surface area contributed by atoms with Gasteiger partial charge in [-0.1, -0.05) is 78.9 Å². The van der Waals surface area contributed by atoms with E-state index < -0.39 is 24.5 Å². The molecule has 0 radical (unpaired) electrons. The van der Waals surface area contributed by atoms with Crippen LogP contribution < -0.4 is 5.32 Å². The number of hydrogen-bond acceptors (Lipinski definition) is 5. The van der Waals surface area contributed by atoms with Gasteiger partial charge in [0.1, 0.15) is 12.6 Å². The number of nitrogens with zero attached hydrogens (tertiary/aromatic N) is 2. The fourth-order valence-corrected chi connectivity index (χ4v) is 6.62. The third-order valence-corrected chi connectivity index (χ3v) is 8.44. The Hall–Kier alpha value is -4.17. The van der Waals surface area contributed by atoms with Crippen molar-refractivity contribution in [3.63, 3.8) is 0 Å². The zero-order chi connectivity index (χ0) is 27.6. The van der Waals surface area contributed by atoms with Crippen molar-refractivity contribution in [1.29, 1.82) is 0 Å². The maximum atomic E-state index is 13.4. The van der Waals surface area contributed by atoms with Crippen LogP contribution in [0.3, 0.4) is 0 Å². The van der Waals surface area contributed by atoms with E-state index in [4.69, 9.17) is 4.74 Å². The second-order valence-corrected chi connectivity index (χ2v) is 11.1. The van der Waals surface area contributed by atoms with Crippen LogP contribution in [0, 0.1) is 11.8 Å². The molecule has 2 N–H and O–H groups in total. The highest BCUT2D eigenvalue weighted by molar-refractivity contribution is 5.89. The third kappa shape index (κ3) is 5.31. The van der Waals surface area contributed by atoms with E-state index in [-0.39, 0.29) is 18.4 Å². The lowest BCUT2D eigenvalue weighted by Crippen LogP contribution is -2.49. The summed E-state index contributed by atoms with van der Waals surface area (Å²) in [6.07, 6.45) is -1.27. The Morgan fingerprint density at radius 2 is 1.40 bits per heavy atom. The van der Waals surface area contributed by atoms with E-state index in [1.54, 1.807) is 4.90 Å². The summed E-state index contributed by atoms with van der Waals surface area (Å²) < 4.78 is 5.59. The van der Waals surface area contributed by atoms with Gasteiger partial charge in [0.15, 0.2) is 0 Å². The molecule has 8 nitrogen and oxygen atoms in total. The zero-order valence-electron chi connectivity index (χ0n) is 22.2. The fraction of sp³-hybridized carbons (Fsp3) is 0.344. The van der Waals surface area contributed by atoms with Crippen molar-refractivity contribution < 1.29 is 24.2 Å². The lowest BCUT2D eigenvalue weighted by Gasteiger charge is -2.25. The van der Waals surface area contributed by atoms with Gasteiger partial charge in [-0.2, -0.15) is 0 Å². The van der Waals surface area contributed by atoms with Gasteiger partial charge in [-0.3, -0.25) is 14.5 Å². The molecule has 8 heteroatoms. The number of ether oxygens (including phenoxy) is 1. The minimum absolute atomic E-state index is 0.0962. The minimum atomic E-state index is -1.17. The molecule has 3 atom stereocenters. The number of benzene rings is 3. The second kappa shape index (κ2) is 11.1. The molecule has 2 heterocycles. The average Bonchev–Trinajstić information content (AvgIpc) is 3.61. The summed E-state index contributed by atoms with van der Waals surface area (Å²) in [5.41, 5.74) is 5.67. The SMILES string of the molecule is O=C(O)CC(NC(=O)OCC1c2ccccc2-c2ccccc21)C(=O)N1C[C@H]2CN(Cc3ccccc3)C[C@H]2C1. The number of fused-ring (bicyclic) bond motifs is 4. The van der Waals surface area contributed by atoms with E-state index in [1.807, 2.05) is 54.6 Å². The molecule has 0 spiro atoms. The number of carboxylic acid groups (broad SMARTS) is 1. The van der Waals surface area contributed by atoms with Crippen LogP contribution in [0.5, 0.6) is 0 Å². The van der Waals surface area contributed by atoms with Crippen molar-refractivity contribution >= 4 is 18.0 Å². The van der Waals surface area contributed by atoms with Crippen molar-refractivity contribution in [2.75, 3.05) is 32.8 Å². The van der Waals surface area contributed by atoms with E-state index in [0.717, 1.165) is 41.9 Å². The Kier molecular flexibility index (Phi) is 7.26. The molecular formula is C32H33N3O5. The number of likely N-dealkylation sites (tertiary alicyclic amines) is 2. The lowest BCUT2D eigenvalue weighted by molar-refractivity contribution is -0.142. The van der Waals surface area contributed by atoms with Crippen molar-refractivity contribution in [2.45, 2.75) is 24.9 Å². The molecule has 1 unspecified atom stereocenters. The summed E-state index contributed by atoms with van der Waals surface area (Å²) in [7, 11) is 0. The summed E-state index contributed by atoms with van der Waals surface area (Å²) in [5.74, 6) is -0.950. The van der Waals surface area contributed by atoms with E-state index in [2.05, 4.69) is 34.5 Å². The lowest BCUT2D eigenvalue weighted by atomic mass is 9.98. The van der Waals surface area contributed by atoms with Crippen molar-refractivity contribution in [3.05, 3.63) is 95.6 Å². The number of aliphatic carboxylic acids is 1. The number of rotatable bonds is 8. The van der Waals surface area contributed by atoms with E-state index >= 15 is 0 Å². The number of carboxylic acids is 1. The van der Waals surface area contributed by atoms with Crippen molar-refractivity contribution in [1.82, 2.24) is 15.1 Å². The van der Waals surface area contributed by atoms with Crippen LogP contribution in [0.15, 0.2) is 78.9 Å². The van der Waals surface area contributed by atoms with Gasteiger partial charge in [0.25, 0.3) is 0 Å². The third-order valence-electron chi connectivity index (χ3n) is 8.44. The fourth-order valence-electron chi connectivity index (χ4n) is 6.62. The van der Waals surface area contributed by atoms with Crippen LogP contribution in [-0.2, 0) is 20.9 Å². The topological polar surface area (TPSA) is 99.2 Å². The molecular weight excluding hydrogens is 506 g/mol. The van der Waals surface area contributed by atoms with Crippen LogP contribution in [0.1, 0.15) is 29.0 Å². The van der Waals surface area contributed by atoms with Gasteiger partial charge < -0.3 is 20.1 Å². The molecule has 2 fully saturated rings. The van der Waals surface area contributed by atoms with Crippen molar-refractivity contribution in [2.24, 2.45) is 11.8 Å². The molecule has 2 amide bonds. The smallest absolute Gasteiger partial charge is 0.407 e. The molecule has 3 aromatic carbocycles. The normalized spacial score (nSPS) is 20.4. The predicted molar refractivity (Wildman–Crippen MR) is 150 cm³/mol. The summed E-state index contributed by atoms with van der Waals surface area (Å²) in [5, 5.41) is 12.0. The predicted octanol–water partition coefficient (Wildman–Crippen LogP) is 3.96. The second-order valence-electron chi connectivity index (χ2n) is 11.1. The average molecular weight is 540 g/mol. The first-order valence-electron chi connectivity index (χ1n) is 13.8. The van der Waals surface area contributed by atoms with Gasteiger partial charge in [0.05, 0.1) is 6.42 Å². The van der Waals surface area contributed by atoms with Gasteiger partial charge in [-0.15, -0.1) is 0 Å². The molecule has 0 bridgehead atoms. The highest BCUT2D eigenvalue weighted by atomic mass is 16.5. The summed E-state index contributed by atoms with van der Waals surface area (Å²) >= 11 is 0. The van der Waals surface area contributed by atoms with Gasteiger partial charge in [0, 0.05) is 38.6 Å².